The third-order valence-electron chi connectivity index (χ3n) is 21.8. The van der Waals surface area contributed by atoms with Gasteiger partial charge in [-0.25, -0.2) is 0 Å². The van der Waals surface area contributed by atoms with Gasteiger partial charge in [0.05, 0.1) is 17.9 Å². The maximum absolute atomic E-state index is 15.5. The second-order valence-corrected chi connectivity index (χ2v) is 31.6. The van der Waals surface area contributed by atoms with Crippen LogP contribution in [0.25, 0.3) is 21.8 Å². The van der Waals surface area contributed by atoms with Crippen LogP contribution in [0.5, 0.6) is 5.75 Å². The Labute approximate surface area is 674 Å². The van der Waals surface area contributed by atoms with E-state index in [-0.39, 0.29) is 114 Å². The number of fused-ring (bicyclic) bond motifs is 3. The fraction of sp³-hybridized carbons (Fsp3) is 0.419. The molecule has 0 unspecified atom stereocenters. The van der Waals surface area contributed by atoms with Gasteiger partial charge in [0.25, 0.3) is 0 Å². The molecule has 0 radical (unpaired) electrons. The van der Waals surface area contributed by atoms with Gasteiger partial charge in [-0.15, -0.1) is 0 Å². The Hall–Kier alpha value is -11.1. The fourth-order valence-electron chi connectivity index (χ4n) is 15.9. The Morgan fingerprint density at radius 2 is 1.16 bits per heavy atom. The van der Waals surface area contributed by atoms with E-state index in [1.165, 1.54) is 23.4 Å². The molecule has 2 saturated heterocycles. The summed E-state index contributed by atoms with van der Waals surface area (Å²) >= 11 is 1.56. The lowest BCUT2D eigenvalue weighted by molar-refractivity contribution is -0.136. The number of aromatic hydroxyl groups is 1. The Balaban J connectivity index is 0.910. The summed E-state index contributed by atoms with van der Waals surface area (Å²) in [6, 6.07) is 35.5. The van der Waals surface area contributed by atoms with E-state index in [0.29, 0.717) is 53.0 Å². The normalized spacial score (nSPS) is 23.1. The fourth-order valence-corrected chi connectivity index (χ4v) is 16.8. The minimum atomic E-state index is -1.69. The number of nitrogens with zero attached hydrogens (tertiary/aromatic N) is 1. The third-order valence-corrected chi connectivity index (χ3v) is 23.0. The molecule has 0 bridgehead atoms. The molecule has 9 amide bonds. The number of aliphatic hydroxyl groups excluding tert-OH is 1. The molecule has 2 aliphatic heterocycles. The quantitative estimate of drug-likeness (QED) is 0.0198. The van der Waals surface area contributed by atoms with Crippen molar-refractivity contribution in [2.75, 3.05) is 51.3 Å². The number of likely N-dealkylation sites (N-methyl/N-ethyl adjacent to an activating group) is 1. The summed E-state index contributed by atoms with van der Waals surface area (Å²) in [7, 11) is 2.19. The number of unbranched alkanes of at least 4 members (excludes halogenated alkanes) is 1. The lowest BCUT2D eigenvalue weighted by Crippen LogP contribution is -2.62. The van der Waals surface area contributed by atoms with Crippen molar-refractivity contribution in [1.29, 1.82) is 5.41 Å². The molecule has 115 heavy (non-hydrogen) atoms. The second kappa shape index (κ2) is 41.8. The molecule has 8 aromatic rings. The molecule has 29 heteroatoms. The van der Waals surface area contributed by atoms with Crippen LogP contribution in [0.1, 0.15) is 103 Å². The Kier molecular flexibility index (Phi) is 30.8. The highest BCUT2D eigenvalue weighted by Crippen LogP contribution is 2.45. The maximum Gasteiger partial charge on any atom is 0.245 e. The molecule has 6 aromatic carbocycles. The van der Waals surface area contributed by atoms with Crippen LogP contribution in [0.15, 0.2) is 170 Å². The average molecular weight is 1590 g/mol. The van der Waals surface area contributed by atoms with Crippen molar-refractivity contribution >= 4 is 92.7 Å². The minimum absolute atomic E-state index is 0.00102. The van der Waals surface area contributed by atoms with Crippen molar-refractivity contribution in [3.8, 4) is 5.75 Å². The summed E-state index contributed by atoms with van der Waals surface area (Å²) in [5.41, 5.74) is 19.5. The van der Waals surface area contributed by atoms with E-state index >= 15 is 24.0 Å². The number of guanidine groups is 1. The number of benzene rings is 6. The van der Waals surface area contributed by atoms with Crippen molar-refractivity contribution in [1.82, 2.24) is 73.4 Å². The summed E-state index contributed by atoms with van der Waals surface area (Å²) < 4.78 is 0. The Bertz CT molecular complexity index is 4610. The van der Waals surface area contributed by atoms with E-state index in [1.54, 1.807) is 133 Å². The number of rotatable bonds is 27. The van der Waals surface area contributed by atoms with Gasteiger partial charge in [-0.2, -0.15) is 11.8 Å². The standard InChI is InChI=1S/C86H109N17O11S/c1-52(104)77-85(114)101-70(41-53-19-6-3-7-20-53)78(107)90-37-17-30-67(94-48-60(39-56-32-34-61(105)35-33-56)95-75(106)51-115-50-57-40-64-63-26-16-29-66-76(63)59(47-93-66)45-74(64)103(2)49-57)79(108)96-69(31-18-38-91-86(88)89)80(109)98-71(42-54-21-8-4-9-22-54)82(111)99-72(43-55-23-10-5-11-24-55)83(112)100-73(44-58-46-92-65-27-13-12-25-62(58)65)84(113)97-68(81(110)102-77)28-14-15-36-87/h3-13,16,19-27,29,32-35,46-47,52,57,60,64,67-74,77,92-94,104-105H,14-15,17-18,28,30-31,36-45,48-51,87H2,1-2H3,(H,90,107)(H,95,106)(H,96,108)(H,97,113)(H,98,109)(H,99,111)(H,100,112)(H,101,114)(H,102,110)(H4,88,89,91)/t52-,57-,60+,64-,67+,68+,69+,70+,71+,72+,73-,74-,77+/m1/s1. The zero-order chi connectivity index (χ0) is 81.3. The molecular weight excluding hydrogens is 1480 g/mol. The molecule has 28 nitrogen and oxygen atoms in total. The van der Waals surface area contributed by atoms with E-state index in [2.05, 4.69) is 105 Å². The van der Waals surface area contributed by atoms with Crippen LogP contribution in [-0.4, -0.2) is 202 Å². The van der Waals surface area contributed by atoms with E-state index in [9.17, 15) is 29.4 Å². The van der Waals surface area contributed by atoms with E-state index in [1.807, 2.05) is 24.3 Å². The highest BCUT2D eigenvalue weighted by Gasteiger charge is 2.41. The van der Waals surface area contributed by atoms with Gasteiger partial charge < -0.3 is 95.0 Å². The summed E-state index contributed by atoms with van der Waals surface area (Å²) in [6.07, 6.45) is 5.03. The van der Waals surface area contributed by atoms with Crippen LogP contribution < -0.4 is 70.0 Å². The molecule has 0 spiro atoms. The molecule has 2 aromatic heterocycles. The van der Waals surface area contributed by atoms with Gasteiger partial charge in [0.15, 0.2) is 5.96 Å². The molecule has 2 fully saturated rings. The number of amides is 9. The number of para-hydroxylation sites is 1. The monoisotopic (exact) mass is 1590 g/mol. The van der Waals surface area contributed by atoms with Crippen LogP contribution in [0, 0.1) is 11.3 Å². The number of nitrogens with one attached hydrogen (secondary N) is 14. The summed E-state index contributed by atoms with van der Waals surface area (Å²) in [6.45, 7) is 2.45. The number of carbonyl (C=O) groups excluding carboxylic acids is 9. The number of H-pyrrole nitrogens is 2. The van der Waals surface area contributed by atoms with Crippen LogP contribution in [-0.2, 0) is 81.7 Å². The van der Waals surface area contributed by atoms with E-state index in [4.69, 9.17) is 16.9 Å². The number of hydrogen-bond donors (Lipinski definition) is 18. The third kappa shape index (κ3) is 24.2. The van der Waals surface area contributed by atoms with Gasteiger partial charge in [0, 0.05) is 104 Å². The van der Waals surface area contributed by atoms with Gasteiger partial charge in [-0.05, 0) is 160 Å². The van der Waals surface area contributed by atoms with Gasteiger partial charge in [0.2, 0.25) is 53.2 Å². The molecule has 3 aliphatic rings. The molecule has 0 saturated carbocycles. The van der Waals surface area contributed by atoms with Crippen LogP contribution >= 0.6 is 11.8 Å². The predicted molar refractivity (Wildman–Crippen MR) is 444 cm³/mol. The van der Waals surface area contributed by atoms with Crippen molar-refractivity contribution in [3.05, 3.63) is 209 Å². The summed E-state index contributed by atoms with van der Waals surface area (Å²) in [4.78, 5) is 145. The van der Waals surface area contributed by atoms with Crippen molar-refractivity contribution in [2.24, 2.45) is 17.4 Å². The van der Waals surface area contributed by atoms with Crippen LogP contribution in [0.4, 0.5) is 0 Å². The number of piperidine rings is 1. The number of aromatic amines is 2. The Morgan fingerprint density at radius 1 is 0.609 bits per heavy atom. The van der Waals surface area contributed by atoms with Crippen LogP contribution in [0.3, 0.4) is 0 Å². The van der Waals surface area contributed by atoms with Crippen molar-refractivity contribution in [2.45, 2.75) is 169 Å². The first-order valence-electron chi connectivity index (χ1n) is 39.8. The number of phenols is 1. The predicted octanol–water partition coefficient (Wildman–Crippen LogP) is 3.78. The summed E-state index contributed by atoms with van der Waals surface area (Å²) in [5, 5.41) is 64.1. The zero-order valence-corrected chi connectivity index (χ0v) is 65.9. The number of likely N-dealkylation sites (tertiary alicyclic amines) is 1. The van der Waals surface area contributed by atoms with E-state index in [0.717, 1.165) is 47.1 Å². The first-order chi connectivity index (χ1) is 55.6. The molecule has 1 aliphatic carbocycles. The number of thioether (sulfide) groups is 1. The maximum atomic E-state index is 15.5. The number of carbonyl (C=O) groups is 9. The van der Waals surface area contributed by atoms with E-state index < -0.39 is 108 Å². The molecule has 20 N–H and O–H groups in total. The highest BCUT2D eigenvalue weighted by atomic mass is 32.2. The number of hydrogen-bond acceptors (Lipinski definition) is 16. The van der Waals surface area contributed by atoms with Gasteiger partial charge in [0.1, 0.15) is 48.0 Å². The number of phenolic OH excluding ortho intramolecular Hbond substituents is 1. The van der Waals surface area contributed by atoms with Gasteiger partial charge >= 0.3 is 0 Å². The number of nitrogens with two attached hydrogens (primary N) is 2. The number of aromatic nitrogens is 2. The van der Waals surface area contributed by atoms with Gasteiger partial charge in [-0.3, -0.25) is 48.6 Å². The first-order valence-corrected chi connectivity index (χ1v) is 41.0. The topological polar surface area (TPSA) is 437 Å². The zero-order valence-electron chi connectivity index (χ0n) is 65.1. The molecule has 610 valence electrons. The molecule has 4 heterocycles. The van der Waals surface area contributed by atoms with Crippen LogP contribution in [0.2, 0.25) is 0 Å². The Morgan fingerprint density at radius 3 is 1.78 bits per heavy atom. The highest BCUT2D eigenvalue weighted by molar-refractivity contribution is 7.99. The molecule has 13 atom stereocenters. The average Bonchev–Trinajstić information content (AvgIpc) is 1.67. The smallest absolute Gasteiger partial charge is 0.245 e. The lowest BCUT2D eigenvalue weighted by atomic mass is 9.73. The number of aliphatic hydroxyl groups is 1. The summed E-state index contributed by atoms with van der Waals surface area (Å²) in [5.74, 6) is -5.35. The lowest BCUT2D eigenvalue weighted by Gasteiger charge is -2.45. The molecular formula is C86H109N17O11S. The largest absolute Gasteiger partial charge is 0.508 e. The van der Waals surface area contributed by atoms with Gasteiger partial charge in [-0.1, -0.05) is 133 Å². The van der Waals surface area contributed by atoms with Crippen molar-refractivity contribution < 1.29 is 53.4 Å². The first kappa shape index (κ1) is 84.8. The van der Waals surface area contributed by atoms with Crippen molar-refractivity contribution in [3.63, 3.8) is 0 Å². The second-order valence-electron chi connectivity index (χ2n) is 30.5. The molecule has 11 rings (SSSR count). The SMILES string of the molecule is C[C@@H](O)[C@@H]1NC(=O)[C@H](CCCCN)NC(=O)[C@@H](Cc2c[nH]c3ccccc23)NC(=O)[C@H](Cc2ccccc2)NC(=O)[C@H](Cc2ccccc2)NC(=O)[C@H](CCCNC(=N)N)NC(=O)[C@@H](NC[C@H](Cc2ccc(O)cc2)NC(=O)CSC[C@@H]2C[C@@H]3c4cccc5[nH]cc(c45)C[C@H]3N(C)C2)CCCNC(=O)[C@H](Cc2ccccc2)NC1=O. The minimum Gasteiger partial charge on any atom is -0.508 e.